The van der Waals surface area contributed by atoms with Crippen molar-refractivity contribution < 1.29 is 0 Å². The Hall–Kier alpha value is -0.0800. The highest BCUT2D eigenvalue weighted by atomic mass is 15.0. The molecule has 2 nitrogen and oxygen atoms in total. The second-order valence-corrected chi connectivity index (χ2v) is 6.47. The van der Waals surface area contributed by atoms with Crippen molar-refractivity contribution in [3.8, 4) is 0 Å². The molecule has 4 unspecified atom stereocenters. The number of hydrogen-bond acceptors (Lipinski definition) is 2. The minimum absolute atomic E-state index is 0.712. The van der Waals surface area contributed by atoms with E-state index in [4.69, 9.17) is 0 Å². The van der Waals surface area contributed by atoms with Crippen LogP contribution in [0.15, 0.2) is 0 Å². The lowest BCUT2D eigenvalue weighted by atomic mass is 9.92. The van der Waals surface area contributed by atoms with Crippen LogP contribution in [0.1, 0.15) is 71.6 Å². The number of unbranched alkanes of at least 4 members (excludes halogenated alkanes) is 2. The Morgan fingerprint density at radius 3 is 2.78 bits per heavy atom. The summed E-state index contributed by atoms with van der Waals surface area (Å²) in [5, 5.41) is 7.64. The molecule has 1 aliphatic carbocycles. The van der Waals surface area contributed by atoms with Crippen molar-refractivity contribution in [1.82, 2.24) is 10.6 Å². The Morgan fingerprint density at radius 2 is 2.06 bits per heavy atom. The molecule has 0 aromatic heterocycles. The van der Waals surface area contributed by atoms with Crippen LogP contribution >= 0.6 is 0 Å². The average Bonchev–Trinajstić information content (AvgIpc) is 2.99. The summed E-state index contributed by atoms with van der Waals surface area (Å²) in [4.78, 5) is 0. The second-order valence-electron chi connectivity index (χ2n) is 6.47. The fourth-order valence-electron chi connectivity index (χ4n) is 3.90. The van der Waals surface area contributed by atoms with Gasteiger partial charge in [0.25, 0.3) is 0 Å². The summed E-state index contributed by atoms with van der Waals surface area (Å²) in [5.41, 5.74) is 0. The highest BCUT2D eigenvalue weighted by Gasteiger charge is 2.35. The zero-order valence-electron chi connectivity index (χ0n) is 12.4. The molecule has 2 rings (SSSR count). The summed E-state index contributed by atoms with van der Waals surface area (Å²) in [5.74, 6) is 0.904. The monoisotopic (exact) mass is 252 g/mol. The largest absolute Gasteiger partial charge is 0.314 e. The Kier molecular flexibility index (Phi) is 5.97. The summed E-state index contributed by atoms with van der Waals surface area (Å²) in [6, 6.07) is 2.31. The van der Waals surface area contributed by atoms with Crippen molar-refractivity contribution in [1.29, 1.82) is 0 Å². The van der Waals surface area contributed by atoms with Crippen molar-refractivity contribution in [2.24, 2.45) is 5.92 Å². The molecule has 0 aromatic carbocycles. The maximum absolute atomic E-state index is 3.92. The van der Waals surface area contributed by atoms with E-state index in [-0.39, 0.29) is 0 Å². The van der Waals surface area contributed by atoms with Crippen molar-refractivity contribution >= 4 is 0 Å². The summed E-state index contributed by atoms with van der Waals surface area (Å²) in [6.45, 7) is 5.92. The van der Waals surface area contributed by atoms with Crippen molar-refractivity contribution in [3.05, 3.63) is 0 Å². The standard InChI is InChI=1S/C16H32N2/c1-3-4-5-8-13(2)18-16-10-6-9-14(16)15-11-7-12-17-15/h13-18H,3-12H2,1-2H3. The Labute approximate surface area is 113 Å². The van der Waals surface area contributed by atoms with Crippen LogP contribution in [0, 0.1) is 5.92 Å². The van der Waals surface area contributed by atoms with E-state index in [1.54, 1.807) is 0 Å². The van der Waals surface area contributed by atoms with E-state index in [1.807, 2.05) is 0 Å². The van der Waals surface area contributed by atoms with Gasteiger partial charge >= 0.3 is 0 Å². The van der Waals surface area contributed by atoms with Crippen LogP contribution in [0.25, 0.3) is 0 Å². The van der Waals surface area contributed by atoms with Gasteiger partial charge in [0, 0.05) is 18.1 Å². The predicted octanol–water partition coefficient (Wildman–Crippen LogP) is 3.47. The predicted molar refractivity (Wildman–Crippen MR) is 78.9 cm³/mol. The van der Waals surface area contributed by atoms with E-state index in [9.17, 15) is 0 Å². The summed E-state index contributed by atoms with van der Waals surface area (Å²) in [7, 11) is 0. The average molecular weight is 252 g/mol. The molecular formula is C16H32N2. The van der Waals surface area contributed by atoms with Crippen LogP contribution in [0.3, 0.4) is 0 Å². The highest BCUT2D eigenvalue weighted by molar-refractivity contribution is 4.93. The van der Waals surface area contributed by atoms with Gasteiger partial charge in [-0.1, -0.05) is 32.6 Å². The lowest BCUT2D eigenvalue weighted by molar-refractivity contribution is 0.295. The molecular weight excluding hydrogens is 220 g/mol. The third-order valence-corrected chi connectivity index (χ3v) is 4.92. The van der Waals surface area contributed by atoms with E-state index in [0.29, 0.717) is 6.04 Å². The van der Waals surface area contributed by atoms with Crippen LogP contribution in [0.2, 0.25) is 0 Å². The van der Waals surface area contributed by atoms with Gasteiger partial charge in [-0.15, -0.1) is 0 Å². The van der Waals surface area contributed by atoms with Crippen molar-refractivity contribution in [3.63, 3.8) is 0 Å². The minimum atomic E-state index is 0.712. The van der Waals surface area contributed by atoms with Crippen LogP contribution in [-0.2, 0) is 0 Å². The SMILES string of the molecule is CCCCCC(C)NC1CCCC1C1CCCN1. The molecule has 1 saturated carbocycles. The molecule has 4 atom stereocenters. The molecule has 0 aromatic rings. The Morgan fingerprint density at radius 1 is 1.17 bits per heavy atom. The molecule has 0 radical (unpaired) electrons. The van der Waals surface area contributed by atoms with Crippen molar-refractivity contribution in [2.75, 3.05) is 6.54 Å². The summed E-state index contributed by atoms with van der Waals surface area (Å²) >= 11 is 0. The van der Waals surface area contributed by atoms with Gasteiger partial charge < -0.3 is 10.6 Å². The van der Waals surface area contributed by atoms with E-state index >= 15 is 0 Å². The lowest BCUT2D eigenvalue weighted by Gasteiger charge is -2.29. The van der Waals surface area contributed by atoms with Crippen LogP contribution in [0.4, 0.5) is 0 Å². The quantitative estimate of drug-likeness (QED) is 0.678. The number of hydrogen-bond donors (Lipinski definition) is 2. The first kappa shape index (κ1) is 14.3. The number of nitrogens with one attached hydrogen (secondary N) is 2. The van der Waals surface area contributed by atoms with Gasteiger partial charge in [-0.25, -0.2) is 0 Å². The topological polar surface area (TPSA) is 24.1 Å². The van der Waals surface area contributed by atoms with E-state index in [0.717, 1.165) is 18.0 Å². The Balaban J connectivity index is 1.73. The second kappa shape index (κ2) is 7.49. The molecule has 1 saturated heterocycles. The molecule has 2 fully saturated rings. The van der Waals surface area contributed by atoms with Crippen LogP contribution < -0.4 is 10.6 Å². The molecule has 0 bridgehead atoms. The first-order valence-electron chi connectivity index (χ1n) is 8.30. The minimum Gasteiger partial charge on any atom is -0.314 e. The normalized spacial score (nSPS) is 34.0. The zero-order valence-corrected chi connectivity index (χ0v) is 12.4. The van der Waals surface area contributed by atoms with E-state index < -0.39 is 0 Å². The van der Waals surface area contributed by atoms with Gasteiger partial charge in [0.15, 0.2) is 0 Å². The summed E-state index contributed by atoms with van der Waals surface area (Å²) < 4.78 is 0. The van der Waals surface area contributed by atoms with Gasteiger partial charge in [-0.05, 0) is 51.5 Å². The molecule has 2 aliphatic rings. The third kappa shape index (κ3) is 3.96. The summed E-state index contributed by atoms with van der Waals surface area (Å²) in [6.07, 6.45) is 12.6. The zero-order chi connectivity index (χ0) is 12.8. The van der Waals surface area contributed by atoms with Crippen LogP contribution in [-0.4, -0.2) is 24.7 Å². The highest BCUT2D eigenvalue weighted by Crippen LogP contribution is 2.32. The maximum Gasteiger partial charge on any atom is 0.0113 e. The molecule has 2 N–H and O–H groups in total. The van der Waals surface area contributed by atoms with Gasteiger partial charge in [-0.3, -0.25) is 0 Å². The smallest absolute Gasteiger partial charge is 0.0113 e. The van der Waals surface area contributed by atoms with E-state index in [2.05, 4.69) is 24.5 Å². The molecule has 18 heavy (non-hydrogen) atoms. The fraction of sp³-hybridized carbons (Fsp3) is 1.00. The van der Waals surface area contributed by atoms with Gasteiger partial charge in [0.05, 0.1) is 0 Å². The molecule has 1 heterocycles. The molecule has 106 valence electrons. The fourth-order valence-corrected chi connectivity index (χ4v) is 3.90. The lowest BCUT2D eigenvalue weighted by Crippen LogP contribution is -2.45. The third-order valence-electron chi connectivity index (χ3n) is 4.92. The molecule has 0 spiro atoms. The number of rotatable bonds is 7. The Bertz CT molecular complexity index is 223. The molecule has 1 aliphatic heterocycles. The molecule has 2 heteroatoms. The van der Waals surface area contributed by atoms with Gasteiger partial charge in [0.1, 0.15) is 0 Å². The molecule has 0 amide bonds. The first-order chi connectivity index (χ1) is 8.81. The van der Waals surface area contributed by atoms with Crippen LogP contribution in [0.5, 0.6) is 0 Å². The van der Waals surface area contributed by atoms with Crippen molar-refractivity contribution in [2.45, 2.75) is 89.8 Å². The van der Waals surface area contributed by atoms with Gasteiger partial charge in [0.2, 0.25) is 0 Å². The maximum atomic E-state index is 3.92. The van der Waals surface area contributed by atoms with Gasteiger partial charge in [-0.2, -0.15) is 0 Å². The first-order valence-corrected chi connectivity index (χ1v) is 8.30. The van der Waals surface area contributed by atoms with E-state index in [1.165, 1.54) is 64.3 Å².